The zero-order valence-corrected chi connectivity index (χ0v) is 17.7. The van der Waals surface area contributed by atoms with Crippen molar-refractivity contribution in [3.05, 3.63) is 23.3 Å². The average Bonchev–Trinajstić information content (AvgIpc) is 2.70. The predicted molar refractivity (Wildman–Crippen MR) is 112 cm³/mol. The van der Waals surface area contributed by atoms with Crippen molar-refractivity contribution < 1.29 is 14.3 Å². The lowest BCUT2D eigenvalue weighted by atomic mass is 9.98. The number of carbonyl (C=O) groups excluding carboxylic acids is 1. The Morgan fingerprint density at radius 1 is 1.34 bits per heavy atom. The molecule has 0 atom stereocenters. The highest BCUT2D eigenvalue weighted by atomic mass is 16.5. The van der Waals surface area contributed by atoms with Crippen LogP contribution in [-0.2, 0) is 4.74 Å². The van der Waals surface area contributed by atoms with Gasteiger partial charge in [0.1, 0.15) is 17.5 Å². The third kappa shape index (κ3) is 7.08. The predicted octanol–water partition coefficient (Wildman–Crippen LogP) is 2.46. The third-order valence-corrected chi connectivity index (χ3v) is 4.88. The average molecular weight is 407 g/mol. The summed E-state index contributed by atoms with van der Waals surface area (Å²) in [6, 6.07) is 0. The Labute approximate surface area is 172 Å². The van der Waals surface area contributed by atoms with Crippen LogP contribution < -0.4 is 21.6 Å². The Kier molecular flexibility index (Phi) is 8.98. The lowest BCUT2D eigenvalue weighted by Crippen LogP contribution is -2.36. The lowest BCUT2D eigenvalue weighted by Gasteiger charge is -2.23. The molecule has 1 fully saturated rings. The molecule has 1 aromatic rings. The van der Waals surface area contributed by atoms with Crippen molar-refractivity contribution in [3.8, 4) is 5.88 Å². The number of nitrogens with one attached hydrogen (secondary N) is 1. The van der Waals surface area contributed by atoms with E-state index in [-0.39, 0.29) is 12.6 Å². The number of hydrazine groups is 1. The molecule has 0 saturated heterocycles. The van der Waals surface area contributed by atoms with Gasteiger partial charge in [-0.2, -0.15) is 0 Å². The molecular weight excluding hydrogens is 372 g/mol. The van der Waals surface area contributed by atoms with Gasteiger partial charge in [-0.1, -0.05) is 19.8 Å². The molecule has 9 nitrogen and oxygen atoms in total. The van der Waals surface area contributed by atoms with Gasteiger partial charge in [0.2, 0.25) is 5.88 Å². The van der Waals surface area contributed by atoms with Gasteiger partial charge in [0.25, 0.3) is 0 Å². The van der Waals surface area contributed by atoms with Crippen molar-refractivity contribution in [2.45, 2.75) is 64.9 Å². The Hall–Kier alpha value is -2.55. The molecule has 1 heterocycles. The quantitative estimate of drug-likeness (QED) is 0.324. The number of unbranched alkanes of at least 4 members (excludes halogenated alkanes) is 1. The second-order valence-corrected chi connectivity index (χ2v) is 7.34. The van der Waals surface area contributed by atoms with E-state index in [2.05, 4.69) is 15.3 Å². The van der Waals surface area contributed by atoms with E-state index in [0.717, 1.165) is 25.7 Å². The number of hydrogen-bond acceptors (Lipinski definition) is 8. The summed E-state index contributed by atoms with van der Waals surface area (Å²) >= 11 is 0. The van der Waals surface area contributed by atoms with Gasteiger partial charge in [0, 0.05) is 7.05 Å². The molecule has 29 heavy (non-hydrogen) atoms. The first-order chi connectivity index (χ1) is 13.9. The number of likely N-dealkylation sites (N-methyl/N-ethyl adjacent to an activating group) is 1. The van der Waals surface area contributed by atoms with Gasteiger partial charge in [-0.05, 0) is 39.0 Å². The summed E-state index contributed by atoms with van der Waals surface area (Å²) in [4.78, 5) is 20.7. The van der Waals surface area contributed by atoms with Crippen LogP contribution in [0.25, 0.3) is 5.70 Å². The number of hydrogen-bond donors (Lipinski definition) is 3. The van der Waals surface area contributed by atoms with Crippen molar-refractivity contribution in [3.63, 3.8) is 0 Å². The van der Waals surface area contributed by atoms with Crippen LogP contribution >= 0.6 is 0 Å². The molecular formula is C20H34N6O3. The number of carbonyl (C=O) groups is 1. The number of aryl methyl sites for hydroxylation is 1. The fourth-order valence-corrected chi connectivity index (χ4v) is 3.13. The summed E-state index contributed by atoms with van der Waals surface area (Å²) in [5, 5.41) is 4.01. The first-order valence-corrected chi connectivity index (χ1v) is 10.3. The van der Waals surface area contributed by atoms with Crippen molar-refractivity contribution in [2.75, 3.05) is 20.2 Å². The van der Waals surface area contributed by atoms with E-state index in [0.29, 0.717) is 35.3 Å². The van der Waals surface area contributed by atoms with Gasteiger partial charge in [-0.25, -0.2) is 20.6 Å². The van der Waals surface area contributed by atoms with E-state index in [4.69, 9.17) is 21.1 Å². The SMILES string of the molecule is CCCCOC(=O)NC/C(=C(/N)c1cnc(OC2CCCCC2)c(C)n1)N(C)N. The van der Waals surface area contributed by atoms with Crippen LogP contribution in [0.5, 0.6) is 5.88 Å². The number of nitrogens with zero attached hydrogens (tertiary/aromatic N) is 3. The Morgan fingerprint density at radius 3 is 2.69 bits per heavy atom. The number of amides is 1. The van der Waals surface area contributed by atoms with Crippen LogP contribution in [-0.4, -0.2) is 47.4 Å². The lowest BCUT2D eigenvalue weighted by molar-refractivity contribution is 0.144. The van der Waals surface area contributed by atoms with Crippen molar-refractivity contribution in [1.82, 2.24) is 20.3 Å². The maximum atomic E-state index is 11.8. The molecule has 0 bridgehead atoms. The largest absolute Gasteiger partial charge is 0.473 e. The van der Waals surface area contributed by atoms with E-state index in [1.54, 1.807) is 13.2 Å². The number of ether oxygens (including phenoxy) is 2. The number of aromatic nitrogens is 2. The highest BCUT2D eigenvalue weighted by molar-refractivity contribution is 5.69. The van der Waals surface area contributed by atoms with Crippen LogP contribution in [0.15, 0.2) is 11.9 Å². The van der Waals surface area contributed by atoms with Crippen molar-refractivity contribution in [2.24, 2.45) is 11.6 Å². The molecule has 0 unspecified atom stereocenters. The zero-order chi connectivity index (χ0) is 21.2. The summed E-state index contributed by atoms with van der Waals surface area (Å²) in [5.74, 6) is 6.44. The molecule has 0 radical (unpaired) electrons. The van der Waals surface area contributed by atoms with Crippen molar-refractivity contribution >= 4 is 11.8 Å². The summed E-state index contributed by atoms with van der Waals surface area (Å²) in [5.41, 5.74) is 8.26. The zero-order valence-electron chi connectivity index (χ0n) is 17.7. The number of rotatable bonds is 9. The molecule has 1 aliphatic rings. The minimum absolute atomic E-state index is 0.116. The van der Waals surface area contributed by atoms with E-state index in [1.165, 1.54) is 24.3 Å². The molecule has 1 amide bonds. The molecule has 162 valence electrons. The van der Waals surface area contributed by atoms with Crippen LogP contribution in [0.4, 0.5) is 4.79 Å². The first-order valence-electron chi connectivity index (χ1n) is 10.3. The summed E-state index contributed by atoms with van der Waals surface area (Å²) in [7, 11) is 1.65. The highest BCUT2D eigenvalue weighted by Crippen LogP contribution is 2.24. The monoisotopic (exact) mass is 406 g/mol. The van der Waals surface area contributed by atoms with E-state index < -0.39 is 6.09 Å². The molecule has 9 heteroatoms. The van der Waals surface area contributed by atoms with Gasteiger partial charge >= 0.3 is 6.09 Å². The Balaban J connectivity index is 2.06. The van der Waals surface area contributed by atoms with Crippen LogP contribution in [0.2, 0.25) is 0 Å². The fourth-order valence-electron chi connectivity index (χ4n) is 3.13. The topological polar surface area (TPSA) is 129 Å². The van der Waals surface area contributed by atoms with Gasteiger partial charge in [-0.15, -0.1) is 0 Å². The third-order valence-electron chi connectivity index (χ3n) is 4.88. The smallest absolute Gasteiger partial charge is 0.407 e. The van der Waals surface area contributed by atoms with E-state index in [9.17, 15) is 4.79 Å². The van der Waals surface area contributed by atoms with Crippen LogP contribution in [0.3, 0.4) is 0 Å². The normalized spacial score (nSPS) is 15.4. The summed E-state index contributed by atoms with van der Waals surface area (Å²) < 4.78 is 11.1. The second kappa shape index (κ2) is 11.5. The van der Waals surface area contributed by atoms with E-state index >= 15 is 0 Å². The molecule has 5 N–H and O–H groups in total. The summed E-state index contributed by atoms with van der Waals surface area (Å²) in [6.07, 6.45) is 8.77. The van der Waals surface area contributed by atoms with E-state index in [1.807, 2.05) is 13.8 Å². The highest BCUT2D eigenvalue weighted by Gasteiger charge is 2.18. The summed E-state index contributed by atoms with van der Waals surface area (Å²) in [6.45, 7) is 4.37. The molecule has 0 aromatic carbocycles. The molecule has 1 aliphatic carbocycles. The number of alkyl carbamates (subject to hydrolysis) is 1. The standard InChI is InChI=1S/C20H34N6O3/c1-4-5-11-28-20(27)24-13-17(26(3)22)18(21)16-12-23-19(14(2)25-16)29-15-9-7-6-8-10-15/h12,15H,4-11,13,21-22H2,1-3H3,(H,24,27)/b18-17-. The maximum Gasteiger partial charge on any atom is 0.407 e. The van der Waals surface area contributed by atoms with Crippen LogP contribution in [0.1, 0.15) is 63.3 Å². The second-order valence-electron chi connectivity index (χ2n) is 7.34. The van der Waals surface area contributed by atoms with Gasteiger partial charge in [0.15, 0.2) is 0 Å². The molecule has 0 aliphatic heterocycles. The van der Waals surface area contributed by atoms with Crippen LogP contribution in [0, 0.1) is 6.92 Å². The Bertz CT molecular complexity index is 701. The fraction of sp³-hybridized carbons (Fsp3) is 0.650. The minimum atomic E-state index is -0.510. The van der Waals surface area contributed by atoms with Gasteiger partial charge in [-0.3, -0.25) is 0 Å². The minimum Gasteiger partial charge on any atom is -0.473 e. The molecule has 0 spiro atoms. The van der Waals surface area contributed by atoms with Gasteiger partial charge in [0.05, 0.1) is 30.7 Å². The van der Waals surface area contributed by atoms with Gasteiger partial charge < -0.3 is 25.5 Å². The van der Waals surface area contributed by atoms with Crippen molar-refractivity contribution in [1.29, 1.82) is 0 Å². The first kappa shape index (κ1) is 22.7. The number of nitrogens with two attached hydrogens (primary N) is 2. The molecule has 2 rings (SSSR count). The Morgan fingerprint density at radius 2 is 2.07 bits per heavy atom. The molecule has 1 aromatic heterocycles. The maximum absolute atomic E-state index is 11.8. The molecule has 1 saturated carbocycles.